The summed E-state index contributed by atoms with van der Waals surface area (Å²) >= 11 is 0. The third-order valence-corrected chi connectivity index (χ3v) is 5.53. The molecular formula is C14H24O2. The maximum atomic E-state index is 11.8. The molecule has 2 saturated carbocycles. The molecule has 5 atom stereocenters. The summed E-state index contributed by atoms with van der Waals surface area (Å²) < 4.78 is 0. The van der Waals surface area contributed by atoms with Crippen LogP contribution in [0.1, 0.15) is 46.5 Å². The smallest absolute Gasteiger partial charge is 0.136 e. The summed E-state index contributed by atoms with van der Waals surface area (Å²) in [5.74, 6) is 2.14. The lowest BCUT2D eigenvalue weighted by molar-refractivity contribution is -0.140. The minimum Gasteiger partial charge on any atom is -0.396 e. The summed E-state index contributed by atoms with van der Waals surface area (Å²) in [6, 6.07) is 0. The monoisotopic (exact) mass is 224 g/mol. The van der Waals surface area contributed by atoms with Crippen LogP contribution in [0.3, 0.4) is 0 Å². The Hall–Kier alpha value is -0.370. The van der Waals surface area contributed by atoms with E-state index < -0.39 is 0 Å². The van der Waals surface area contributed by atoms with Crippen molar-refractivity contribution < 1.29 is 9.90 Å². The Kier molecular flexibility index (Phi) is 3.13. The number of fused-ring (bicyclic) bond motifs is 1. The summed E-state index contributed by atoms with van der Waals surface area (Å²) in [6.45, 7) is 6.94. The fourth-order valence-corrected chi connectivity index (χ4v) is 4.32. The highest BCUT2D eigenvalue weighted by Crippen LogP contribution is 2.55. The molecule has 0 aromatic carbocycles. The van der Waals surface area contributed by atoms with Gasteiger partial charge in [0.15, 0.2) is 0 Å². The number of hydrogen-bond donors (Lipinski definition) is 1. The van der Waals surface area contributed by atoms with E-state index in [1.54, 1.807) is 0 Å². The molecule has 2 fully saturated rings. The van der Waals surface area contributed by atoms with Crippen LogP contribution in [0.5, 0.6) is 0 Å². The number of carbonyl (C=O) groups excluding carboxylic acids is 1. The van der Waals surface area contributed by atoms with Crippen LogP contribution in [0.2, 0.25) is 0 Å². The van der Waals surface area contributed by atoms with Crippen molar-refractivity contribution in [3.63, 3.8) is 0 Å². The molecule has 0 heterocycles. The van der Waals surface area contributed by atoms with E-state index in [2.05, 4.69) is 20.8 Å². The molecule has 0 spiro atoms. The van der Waals surface area contributed by atoms with Gasteiger partial charge in [-0.2, -0.15) is 0 Å². The molecule has 92 valence electrons. The second kappa shape index (κ2) is 4.14. The van der Waals surface area contributed by atoms with E-state index >= 15 is 0 Å². The number of aliphatic hydroxyl groups excluding tert-OH is 1. The molecule has 0 bridgehead atoms. The van der Waals surface area contributed by atoms with Crippen LogP contribution in [-0.4, -0.2) is 17.5 Å². The Morgan fingerprint density at radius 1 is 1.38 bits per heavy atom. The van der Waals surface area contributed by atoms with Crippen LogP contribution >= 0.6 is 0 Å². The Balaban J connectivity index is 2.28. The van der Waals surface area contributed by atoms with Crippen LogP contribution in [0.4, 0.5) is 0 Å². The molecule has 0 aliphatic heterocycles. The van der Waals surface area contributed by atoms with Crippen molar-refractivity contribution in [3.05, 3.63) is 0 Å². The first kappa shape index (κ1) is 12.1. The van der Waals surface area contributed by atoms with E-state index in [0.717, 1.165) is 12.8 Å². The van der Waals surface area contributed by atoms with E-state index in [1.165, 1.54) is 12.8 Å². The minimum atomic E-state index is 0.194. The van der Waals surface area contributed by atoms with Crippen molar-refractivity contribution in [1.29, 1.82) is 0 Å². The molecule has 2 rings (SSSR count). The van der Waals surface area contributed by atoms with Crippen molar-refractivity contribution in [3.8, 4) is 0 Å². The normalized spacial score (nSPS) is 48.9. The predicted octanol–water partition coefficient (Wildman–Crippen LogP) is 2.65. The quantitative estimate of drug-likeness (QED) is 0.743. The van der Waals surface area contributed by atoms with Gasteiger partial charge in [0.25, 0.3) is 0 Å². The first-order valence-electron chi connectivity index (χ1n) is 6.64. The predicted molar refractivity (Wildman–Crippen MR) is 64.0 cm³/mol. The molecule has 0 radical (unpaired) electrons. The van der Waals surface area contributed by atoms with E-state index in [-0.39, 0.29) is 17.9 Å². The maximum Gasteiger partial charge on any atom is 0.136 e. The molecule has 0 aromatic heterocycles. The zero-order valence-electron chi connectivity index (χ0n) is 10.7. The lowest BCUT2D eigenvalue weighted by Crippen LogP contribution is -2.51. The lowest BCUT2D eigenvalue weighted by Gasteiger charge is -2.54. The van der Waals surface area contributed by atoms with Crippen LogP contribution in [0.25, 0.3) is 0 Å². The molecule has 2 heteroatoms. The lowest BCUT2D eigenvalue weighted by atomic mass is 9.50. The molecule has 0 amide bonds. The second-order valence-corrected chi connectivity index (χ2v) is 6.21. The van der Waals surface area contributed by atoms with Crippen molar-refractivity contribution in [1.82, 2.24) is 0 Å². The van der Waals surface area contributed by atoms with Gasteiger partial charge in [-0.15, -0.1) is 0 Å². The summed E-state index contributed by atoms with van der Waals surface area (Å²) in [4.78, 5) is 11.8. The Bertz CT molecular complexity index is 286. The standard InChI is InChI=1S/C14H24O2/c1-9-4-5-11-10(2)13(16)6-7-14(11,3)12(9)8-15/h9-12,15H,4-8H2,1-3H3. The van der Waals surface area contributed by atoms with E-state index in [1.807, 2.05) is 0 Å². The number of aliphatic hydroxyl groups is 1. The summed E-state index contributed by atoms with van der Waals surface area (Å²) in [5.41, 5.74) is 0.194. The molecule has 16 heavy (non-hydrogen) atoms. The highest BCUT2D eigenvalue weighted by molar-refractivity contribution is 5.82. The third kappa shape index (κ3) is 1.62. The van der Waals surface area contributed by atoms with Crippen LogP contribution < -0.4 is 0 Å². The van der Waals surface area contributed by atoms with Crippen molar-refractivity contribution in [2.45, 2.75) is 46.5 Å². The number of hydrogen-bond acceptors (Lipinski definition) is 2. The van der Waals surface area contributed by atoms with Crippen molar-refractivity contribution in [2.75, 3.05) is 6.61 Å². The van der Waals surface area contributed by atoms with Gasteiger partial charge in [-0.25, -0.2) is 0 Å². The third-order valence-electron chi connectivity index (χ3n) is 5.53. The number of Topliss-reactive ketones (excluding diaryl/α,β-unsaturated/α-hetero) is 1. The molecule has 2 aliphatic carbocycles. The first-order chi connectivity index (χ1) is 7.50. The van der Waals surface area contributed by atoms with Gasteiger partial charge in [0.05, 0.1) is 0 Å². The second-order valence-electron chi connectivity index (χ2n) is 6.21. The average molecular weight is 224 g/mol. The van der Waals surface area contributed by atoms with Crippen LogP contribution in [-0.2, 0) is 4.79 Å². The van der Waals surface area contributed by atoms with E-state index in [9.17, 15) is 9.90 Å². The summed E-state index contributed by atoms with van der Waals surface area (Å²) in [7, 11) is 0. The van der Waals surface area contributed by atoms with Gasteiger partial charge >= 0.3 is 0 Å². The SMILES string of the molecule is CC1CCC2C(C)C(=O)CCC2(C)C1CO. The number of rotatable bonds is 1. The molecule has 5 unspecified atom stereocenters. The Labute approximate surface area is 98.4 Å². The molecule has 0 saturated heterocycles. The van der Waals surface area contributed by atoms with E-state index in [0.29, 0.717) is 23.5 Å². The van der Waals surface area contributed by atoms with Crippen LogP contribution in [0, 0.1) is 29.1 Å². The molecule has 2 nitrogen and oxygen atoms in total. The molecule has 2 aliphatic rings. The van der Waals surface area contributed by atoms with Gasteiger partial charge in [-0.05, 0) is 36.0 Å². The van der Waals surface area contributed by atoms with Gasteiger partial charge in [0.2, 0.25) is 0 Å². The van der Waals surface area contributed by atoms with E-state index in [4.69, 9.17) is 0 Å². The number of ketones is 1. The van der Waals surface area contributed by atoms with Gasteiger partial charge in [-0.3, -0.25) is 4.79 Å². The topological polar surface area (TPSA) is 37.3 Å². The van der Waals surface area contributed by atoms with Gasteiger partial charge in [0.1, 0.15) is 5.78 Å². The van der Waals surface area contributed by atoms with Crippen molar-refractivity contribution >= 4 is 5.78 Å². The van der Waals surface area contributed by atoms with Gasteiger partial charge in [-0.1, -0.05) is 27.2 Å². The summed E-state index contributed by atoms with van der Waals surface area (Å²) in [5, 5.41) is 9.63. The highest BCUT2D eigenvalue weighted by atomic mass is 16.3. The van der Waals surface area contributed by atoms with Crippen molar-refractivity contribution in [2.24, 2.45) is 29.1 Å². The summed E-state index contributed by atoms with van der Waals surface area (Å²) in [6.07, 6.45) is 4.04. The minimum absolute atomic E-state index is 0.194. The van der Waals surface area contributed by atoms with Gasteiger partial charge < -0.3 is 5.11 Å². The Morgan fingerprint density at radius 2 is 2.06 bits per heavy atom. The zero-order valence-corrected chi connectivity index (χ0v) is 10.7. The first-order valence-corrected chi connectivity index (χ1v) is 6.64. The maximum absolute atomic E-state index is 11.8. The largest absolute Gasteiger partial charge is 0.396 e. The molecular weight excluding hydrogens is 200 g/mol. The Morgan fingerprint density at radius 3 is 2.69 bits per heavy atom. The fourth-order valence-electron chi connectivity index (χ4n) is 4.32. The average Bonchev–Trinajstić information content (AvgIpc) is 2.24. The van der Waals surface area contributed by atoms with Gasteiger partial charge in [0, 0.05) is 18.9 Å². The molecule has 0 aromatic rings. The zero-order chi connectivity index (χ0) is 11.9. The molecule has 1 N–H and O–H groups in total. The number of carbonyl (C=O) groups is 1. The fraction of sp³-hybridized carbons (Fsp3) is 0.929. The highest BCUT2D eigenvalue weighted by Gasteiger charge is 2.51. The van der Waals surface area contributed by atoms with Crippen LogP contribution in [0.15, 0.2) is 0 Å².